The summed E-state index contributed by atoms with van der Waals surface area (Å²) in [6.45, 7) is 2.05. The highest BCUT2D eigenvalue weighted by Gasteiger charge is 2.15. The third kappa shape index (κ3) is 2.25. The second kappa shape index (κ2) is 4.72. The van der Waals surface area contributed by atoms with Crippen LogP contribution >= 0.6 is 11.6 Å². The van der Waals surface area contributed by atoms with Crippen LogP contribution in [0.4, 0.5) is 0 Å². The second-order valence-electron chi connectivity index (χ2n) is 4.69. The van der Waals surface area contributed by atoms with Crippen LogP contribution in [0.5, 0.6) is 0 Å². The molecule has 0 fully saturated rings. The highest BCUT2D eigenvalue weighted by molar-refractivity contribution is 6.35. The third-order valence-corrected chi connectivity index (χ3v) is 3.56. The molecule has 96 valence electrons. The van der Waals surface area contributed by atoms with Gasteiger partial charge >= 0.3 is 0 Å². The Kier molecular flexibility index (Phi) is 3.05. The van der Waals surface area contributed by atoms with Crippen LogP contribution in [-0.4, -0.2) is 0 Å². The quantitative estimate of drug-likeness (QED) is 0.748. The number of benzene rings is 2. The van der Waals surface area contributed by atoms with E-state index >= 15 is 0 Å². The van der Waals surface area contributed by atoms with E-state index in [1.54, 1.807) is 0 Å². The maximum absolute atomic E-state index is 6.26. The zero-order chi connectivity index (χ0) is 13.4. The summed E-state index contributed by atoms with van der Waals surface area (Å²) in [5, 5.41) is 1.59. The molecule has 2 N–H and O–H groups in total. The van der Waals surface area contributed by atoms with Crippen molar-refractivity contribution < 1.29 is 4.42 Å². The first-order chi connectivity index (χ1) is 9.15. The van der Waals surface area contributed by atoms with Crippen LogP contribution < -0.4 is 5.73 Å². The molecular formula is C16H14ClNO. The fraction of sp³-hybridized carbons (Fsp3) is 0.125. The van der Waals surface area contributed by atoms with Crippen LogP contribution in [0.1, 0.15) is 22.9 Å². The minimum Gasteiger partial charge on any atom is -0.459 e. The number of rotatable bonds is 2. The summed E-state index contributed by atoms with van der Waals surface area (Å²) in [7, 11) is 0. The van der Waals surface area contributed by atoms with Gasteiger partial charge in [-0.1, -0.05) is 47.5 Å². The Bertz CT molecular complexity index is 732. The minimum absolute atomic E-state index is 0.275. The molecule has 0 spiro atoms. The maximum Gasteiger partial charge on any atom is 0.135 e. The lowest BCUT2D eigenvalue weighted by Gasteiger charge is -2.09. The molecule has 1 aromatic heterocycles. The van der Waals surface area contributed by atoms with Crippen molar-refractivity contribution in [1.82, 2.24) is 0 Å². The van der Waals surface area contributed by atoms with Gasteiger partial charge in [-0.15, -0.1) is 0 Å². The topological polar surface area (TPSA) is 39.2 Å². The predicted molar refractivity (Wildman–Crippen MR) is 78.4 cm³/mol. The number of aryl methyl sites for hydroxylation is 1. The molecule has 2 aromatic carbocycles. The lowest BCUT2D eigenvalue weighted by molar-refractivity contribution is 0.525. The third-order valence-electron chi connectivity index (χ3n) is 3.24. The van der Waals surface area contributed by atoms with Gasteiger partial charge in [-0.05, 0) is 30.7 Å². The zero-order valence-corrected chi connectivity index (χ0v) is 11.3. The molecule has 0 bridgehead atoms. The zero-order valence-electron chi connectivity index (χ0n) is 10.6. The van der Waals surface area contributed by atoms with E-state index in [1.807, 2.05) is 49.4 Å². The van der Waals surface area contributed by atoms with Crippen LogP contribution in [0.15, 0.2) is 52.9 Å². The largest absolute Gasteiger partial charge is 0.459 e. The van der Waals surface area contributed by atoms with E-state index in [0.717, 1.165) is 22.3 Å². The normalized spacial score (nSPS) is 12.8. The van der Waals surface area contributed by atoms with Crippen LogP contribution in [-0.2, 0) is 0 Å². The highest BCUT2D eigenvalue weighted by Crippen LogP contribution is 2.31. The van der Waals surface area contributed by atoms with Gasteiger partial charge in [0.25, 0.3) is 0 Å². The summed E-state index contributed by atoms with van der Waals surface area (Å²) in [6, 6.07) is 15.4. The summed E-state index contributed by atoms with van der Waals surface area (Å²) < 4.78 is 5.80. The first-order valence-electron chi connectivity index (χ1n) is 6.15. The standard InChI is InChI=1S/C16H14ClNO/c1-10-4-2-5-11(8-10)16(18)15-9-12-13(17)6-3-7-14(12)19-15/h2-9,16H,18H2,1H3. The average Bonchev–Trinajstić information content (AvgIpc) is 2.83. The maximum atomic E-state index is 6.26. The molecule has 0 saturated carbocycles. The molecule has 1 heterocycles. The van der Waals surface area contributed by atoms with Gasteiger partial charge < -0.3 is 10.2 Å². The Labute approximate surface area is 116 Å². The molecule has 0 radical (unpaired) electrons. The number of halogens is 1. The molecule has 0 saturated heterocycles. The minimum atomic E-state index is -0.275. The lowest BCUT2D eigenvalue weighted by atomic mass is 10.0. The molecule has 2 nitrogen and oxygen atoms in total. The SMILES string of the molecule is Cc1cccc(C(N)c2cc3c(Cl)cccc3o2)c1. The molecule has 0 aliphatic rings. The molecule has 1 atom stereocenters. The Hall–Kier alpha value is -1.77. The van der Waals surface area contributed by atoms with Gasteiger partial charge in [0.2, 0.25) is 0 Å². The Morgan fingerprint density at radius 1 is 1.11 bits per heavy atom. The number of furan rings is 1. The summed E-state index contributed by atoms with van der Waals surface area (Å²) in [5.41, 5.74) is 9.25. The van der Waals surface area contributed by atoms with Crippen LogP contribution in [0.2, 0.25) is 5.02 Å². The number of fused-ring (bicyclic) bond motifs is 1. The first kappa shape index (κ1) is 12.3. The van der Waals surface area contributed by atoms with Crippen molar-refractivity contribution in [3.05, 3.63) is 70.4 Å². The number of nitrogens with two attached hydrogens (primary N) is 1. The van der Waals surface area contributed by atoms with Crippen molar-refractivity contribution in [2.45, 2.75) is 13.0 Å². The van der Waals surface area contributed by atoms with E-state index in [0.29, 0.717) is 5.02 Å². The van der Waals surface area contributed by atoms with Crippen LogP contribution in [0.25, 0.3) is 11.0 Å². The number of hydrogen-bond acceptors (Lipinski definition) is 2. The van der Waals surface area contributed by atoms with Gasteiger partial charge in [-0.2, -0.15) is 0 Å². The van der Waals surface area contributed by atoms with Crippen molar-refractivity contribution in [3.8, 4) is 0 Å². The van der Waals surface area contributed by atoms with E-state index in [1.165, 1.54) is 5.56 Å². The fourth-order valence-corrected chi connectivity index (χ4v) is 2.45. The molecule has 0 aliphatic carbocycles. The molecule has 3 heteroatoms. The van der Waals surface area contributed by atoms with Gasteiger partial charge in [0, 0.05) is 5.39 Å². The van der Waals surface area contributed by atoms with Gasteiger partial charge in [0.15, 0.2) is 0 Å². The number of hydrogen-bond donors (Lipinski definition) is 1. The summed E-state index contributed by atoms with van der Waals surface area (Å²) in [6.07, 6.45) is 0. The van der Waals surface area contributed by atoms with E-state index in [2.05, 4.69) is 6.07 Å². The van der Waals surface area contributed by atoms with E-state index < -0.39 is 0 Å². The Morgan fingerprint density at radius 3 is 2.63 bits per heavy atom. The van der Waals surface area contributed by atoms with E-state index in [4.69, 9.17) is 21.8 Å². The van der Waals surface area contributed by atoms with Gasteiger partial charge in [-0.25, -0.2) is 0 Å². The van der Waals surface area contributed by atoms with Crippen molar-refractivity contribution in [2.24, 2.45) is 5.73 Å². The van der Waals surface area contributed by atoms with Gasteiger partial charge in [0.05, 0.1) is 11.1 Å². The highest BCUT2D eigenvalue weighted by atomic mass is 35.5. The summed E-state index contributed by atoms with van der Waals surface area (Å²) in [5.74, 6) is 0.730. The Balaban J connectivity index is 2.06. The summed E-state index contributed by atoms with van der Waals surface area (Å²) >= 11 is 6.15. The monoisotopic (exact) mass is 271 g/mol. The van der Waals surface area contributed by atoms with Gasteiger partial charge in [0.1, 0.15) is 11.3 Å². The smallest absolute Gasteiger partial charge is 0.135 e. The molecule has 3 aromatic rings. The fourth-order valence-electron chi connectivity index (χ4n) is 2.23. The Morgan fingerprint density at radius 2 is 1.89 bits per heavy atom. The molecule has 0 amide bonds. The van der Waals surface area contributed by atoms with Crippen molar-refractivity contribution in [2.75, 3.05) is 0 Å². The van der Waals surface area contributed by atoms with Crippen molar-refractivity contribution in [3.63, 3.8) is 0 Å². The molecule has 3 rings (SSSR count). The summed E-state index contributed by atoms with van der Waals surface area (Å²) in [4.78, 5) is 0. The van der Waals surface area contributed by atoms with Crippen molar-refractivity contribution in [1.29, 1.82) is 0 Å². The lowest BCUT2D eigenvalue weighted by Crippen LogP contribution is -2.10. The molecular weight excluding hydrogens is 258 g/mol. The van der Waals surface area contributed by atoms with E-state index in [9.17, 15) is 0 Å². The van der Waals surface area contributed by atoms with Gasteiger partial charge in [-0.3, -0.25) is 0 Å². The van der Waals surface area contributed by atoms with Crippen LogP contribution in [0, 0.1) is 6.92 Å². The second-order valence-corrected chi connectivity index (χ2v) is 5.10. The first-order valence-corrected chi connectivity index (χ1v) is 6.53. The molecule has 19 heavy (non-hydrogen) atoms. The molecule has 0 aliphatic heterocycles. The van der Waals surface area contributed by atoms with Crippen molar-refractivity contribution >= 4 is 22.6 Å². The van der Waals surface area contributed by atoms with Crippen LogP contribution in [0.3, 0.4) is 0 Å². The predicted octanol–water partition coefficient (Wildman–Crippen LogP) is 4.44. The average molecular weight is 272 g/mol. The van der Waals surface area contributed by atoms with E-state index in [-0.39, 0.29) is 6.04 Å². The molecule has 1 unspecified atom stereocenters.